The SMILES string of the molecule is COc1cc(OC)c(OC)cc1CC[C@@H](NC(=O)OC(C)(C)C)C(=O)O. The summed E-state index contributed by atoms with van der Waals surface area (Å²) in [5.41, 5.74) is 0.0297. The standard InChI is InChI=1S/C18H27NO7/c1-18(2,3)26-17(22)19-12(16(20)21)8-7-11-9-14(24-5)15(25-6)10-13(11)23-4/h9-10,12H,7-8H2,1-6H3,(H,19,22)(H,20,21)/t12-/m1/s1. The summed E-state index contributed by atoms with van der Waals surface area (Å²) in [5.74, 6) is 0.421. The maximum atomic E-state index is 11.8. The molecule has 8 nitrogen and oxygen atoms in total. The molecule has 0 aromatic heterocycles. The Balaban J connectivity index is 2.89. The summed E-state index contributed by atoms with van der Waals surface area (Å²) in [5, 5.41) is 11.7. The molecule has 1 atom stereocenters. The van der Waals surface area contributed by atoms with Crippen LogP contribution in [0.4, 0.5) is 4.79 Å². The minimum absolute atomic E-state index is 0.153. The molecule has 1 rings (SSSR count). The van der Waals surface area contributed by atoms with Crippen molar-refractivity contribution in [3.8, 4) is 17.2 Å². The Morgan fingerprint density at radius 3 is 2.04 bits per heavy atom. The number of benzene rings is 1. The van der Waals surface area contributed by atoms with Gasteiger partial charge in [0.25, 0.3) is 0 Å². The summed E-state index contributed by atoms with van der Waals surface area (Å²) < 4.78 is 20.9. The van der Waals surface area contributed by atoms with Crippen LogP contribution in [-0.2, 0) is 16.0 Å². The van der Waals surface area contributed by atoms with Gasteiger partial charge in [0.15, 0.2) is 11.5 Å². The van der Waals surface area contributed by atoms with E-state index in [9.17, 15) is 14.7 Å². The van der Waals surface area contributed by atoms with Crippen LogP contribution >= 0.6 is 0 Å². The predicted molar refractivity (Wildman–Crippen MR) is 95.2 cm³/mol. The number of hydrogen-bond acceptors (Lipinski definition) is 6. The number of amides is 1. The quantitative estimate of drug-likeness (QED) is 0.726. The molecule has 0 unspecified atom stereocenters. The van der Waals surface area contributed by atoms with Crippen molar-refractivity contribution in [3.63, 3.8) is 0 Å². The zero-order valence-corrected chi connectivity index (χ0v) is 16.0. The van der Waals surface area contributed by atoms with Gasteiger partial charge in [-0.15, -0.1) is 0 Å². The van der Waals surface area contributed by atoms with E-state index >= 15 is 0 Å². The molecule has 0 spiro atoms. The molecule has 1 aromatic rings. The van der Waals surface area contributed by atoms with Crippen molar-refractivity contribution in [1.82, 2.24) is 5.32 Å². The first-order valence-electron chi connectivity index (χ1n) is 8.12. The van der Waals surface area contributed by atoms with Crippen LogP contribution in [0.25, 0.3) is 0 Å². The Morgan fingerprint density at radius 1 is 1.04 bits per heavy atom. The van der Waals surface area contributed by atoms with Gasteiger partial charge in [-0.25, -0.2) is 9.59 Å². The number of alkyl carbamates (subject to hydrolysis) is 1. The molecular formula is C18H27NO7. The third-order valence-corrected chi connectivity index (χ3v) is 3.48. The van der Waals surface area contributed by atoms with Crippen LogP contribution in [0.1, 0.15) is 32.8 Å². The summed E-state index contributed by atoms with van der Waals surface area (Å²) >= 11 is 0. The molecule has 8 heteroatoms. The van der Waals surface area contributed by atoms with Crippen LogP contribution in [0.2, 0.25) is 0 Å². The van der Waals surface area contributed by atoms with Crippen LogP contribution in [0.3, 0.4) is 0 Å². The first kappa shape index (κ1) is 21.4. The zero-order chi connectivity index (χ0) is 19.9. The smallest absolute Gasteiger partial charge is 0.408 e. The molecule has 0 saturated carbocycles. The fourth-order valence-electron chi connectivity index (χ4n) is 2.29. The van der Waals surface area contributed by atoms with Crippen molar-refractivity contribution < 1.29 is 33.6 Å². The summed E-state index contributed by atoms with van der Waals surface area (Å²) in [7, 11) is 4.54. The molecule has 0 aliphatic heterocycles. The van der Waals surface area contributed by atoms with E-state index in [2.05, 4.69) is 5.32 Å². The van der Waals surface area contributed by atoms with E-state index in [1.165, 1.54) is 21.3 Å². The summed E-state index contributed by atoms with van der Waals surface area (Å²) in [4.78, 5) is 23.3. The largest absolute Gasteiger partial charge is 0.496 e. The van der Waals surface area contributed by atoms with Crippen molar-refractivity contribution in [2.24, 2.45) is 0 Å². The summed E-state index contributed by atoms with van der Waals surface area (Å²) in [6, 6.07) is 2.30. The fourth-order valence-corrected chi connectivity index (χ4v) is 2.29. The maximum absolute atomic E-state index is 11.8. The van der Waals surface area contributed by atoms with E-state index in [1.54, 1.807) is 32.9 Å². The highest BCUT2D eigenvalue weighted by Gasteiger charge is 2.24. The number of ether oxygens (including phenoxy) is 4. The topological polar surface area (TPSA) is 103 Å². The van der Waals surface area contributed by atoms with Crippen molar-refractivity contribution in [3.05, 3.63) is 17.7 Å². The Kier molecular flexibility index (Phi) is 7.55. The number of carbonyl (C=O) groups is 2. The molecule has 146 valence electrons. The van der Waals surface area contributed by atoms with Gasteiger partial charge in [-0.2, -0.15) is 0 Å². The third-order valence-electron chi connectivity index (χ3n) is 3.48. The summed E-state index contributed by atoms with van der Waals surface area (Å²) in [6.07, 6.45) is -0.277. The lowest BCUT2D eigenvalue weighted by Gasteiger charge is -2.22. The first-order valence-corrected chi connectivity index (χ1v) is 8.12. The molecule has 1 amide bonds. The number of nitrogens with one attached hydrogen (secondary N) is 1. The Labute approximate surface area is 153 Å². The van der Waals surface area contributed by atoms with E-state index in [4.69, 9.17) is 18.9 Å². The lowest BCUT2D eigenvalue weighted by Crippen LogP contribution is -2.43. The Bertz CT molecular complexity index is 637. The molecule has 0 heterocycles. The van der Waals surface area contributed by atoms with E-state index < -0.39 is 23.7 Å². The van der Waals surface area contributed by atoms with Gasteiger partial charge in [0.2, 0.25) is 0 Å². The van der Waals surface area contributed by atoms with Crippen molar-refractivity contribution >= 4 is 12.1 Å². The van der Waals surface area contributed by atoms with Gasteiger partial charge in [-0.1, -0.05) is 0 Å². The Morgan fingerprint density at radius 2 is 1.58 bits per heavy atom. The van der Waals surface area contributed by atoms with Gasteiger partial charge >= 0.3 is 12.1 Å². The second kappa shape index (κ2) is 9.17. The molecule has 0 saturated heterocycles. The average Bonchev–Trinajstić information content (AvgIpc) is 2.55. The number of aryl methyl sites for hydroxylation is 1. The molecule has 0 radical (unpaired) electrons. The maximum Gasteiger partial charge on any atom is 0.408 e. The number of aliphatic carboxylic acids is 1. The average molecular weight is 369 g/mol. The van der Waals surface area contributed by atoms with Crippen LogP contribution in [0, 0.1) is 0 Å². The number of rotatable bonds is 8. The van der Waals surface area contributed by atoms with E-state index in [0.29, 0.717) is 23.7 Å². The number of hydrogen-bond donors (Lipinski definition) is 2. The van der Waals surface area contributed by atoms with Gasteiger partial charge < -0.3 is 29.4 Å². The van der Waals surface area contributed by atoms with Gasteiger partial charge in [0.05, 0.1) is 21.3 Å². The fraction of sp³-hybridized carbons (Fsp3) is 0.556. The predicted octanol–water partition coefficient (Wildman–Crippen LogP) is 2.62. The molecule has 0 aliphatic carbocycles. The first-order chi connectivity index (χ1) is 12.1. The molecule has 0 aliphatic rings. The monoisotopic (exact) mass is 369 g/mol. The second-order valence-electron chi connectivity index (χ2n) is 6.59. The normalized spacial score (nSPS) is 12.1. The van der Waals surface area contributed by atoms with E-state index in [0.717, 1.165) is 5.56 Å². The van der Waals surface area contributed by atoms with Crippen molar-refractivity contribution in [1.29, 1.82) is 0 Å². The van der Waals surface area contributed by atoms with Crippen LogP contribution in [0.15, 0.2) is 12.1 Å². The van der Waals surface area contributed by atoms with Gasteiger partial charge in [-0.3, -0.25) is 0 Å². The number of carboxylic acid groups (broad SMARTS) is 1. The summed E-state index contributed by atoms with van der Waals surface area (Å²) in [6.45, 7) is 5.12. The molecule has 2 N–H and O–H groups in total. The number of methoxy groups -OCH3 is 3. The molecule has 0 bridgehead atoms. The van der Waals surface area contributed by atoms with E-state index in [-0.39, 0.29) is 6.42 Å². The molecule has 0 fully saturated rings. The van der Waals surface area contributed by atoms with Crippen LogP contribution < -0.4 is 19.5 Å². The second-order valence-corrected chi connectivity index (χ2v) is 6.59. The molecular weight excluding hydrogens is 342 g/mol. The van der Waals surface area contributed by atoms with Crippen molar-refractivity contribution in [2.75, 3.05) is 21.3 Å². The van der Waals surface area contributed by atoms with E-state index in [1.807, 2.05) is 0 Å². The molecule has 1 aromatic carbocycles. The lowest BCUT2D eigenvalue weighted by atomic mass is 10.0. The minimum Gasteiger partial charge on any atom is -0.496 e. The highest BCUT2D eigenvalue weighted by molar-refractivity contribution is 5.80. The van der Waals surface area contributed by atoms with Gasteiger partial charge in [-0.05, 0) is 45.2 Å². The minimum atomic E-state index is -1.14. The number of carbonyl (C=O) groups excluding carboxylic acids is 1. The van der Waals surface area contributed by atoms with Gasteiger partial charge in [0, 0.05) is 6.07 Å². The zero-order valence-electron chi connectivity index (χ0n) is 16.0. The Hall–Kier alpha value is -2.64. The van der Waals surface area contributed by atoms with Crippen molar-refractivity contribution in [2.45, 2.75) is 45.3 Å². The van der Waals surface area contributed by atoms with Crippen LogP contribution in [-0.4, -0.2) is 50.1 Å². The molecule has 26 heavy (non-hydrogen) atoms. The number of carboxylic acids is 1. The lowest BCUT2D eigenvalue weighted by molar-refractivity contribution is -0.139. The third kappa shape index (κ3) is 6.34. The highest BCUT2D eigenvalue weighted by Crippen LogP contribution is 2.35. The highest BCUT2D eigenvalue weighted by atomic mass is 16.6. The van der Waals surface area contributed by atoms with Crippen LogP contribution in [0.5, 0.6) is 17.2 Å². The van der Waals surface area contributed by atoms with Gasteiger partial charge in [0.1, 0.15) is 17.4 Å².